The number of rotatable bonds is 10. The van der Waals surface area contributed by atoms with Crippen molar-refractivity contribution in [2.45, 2.75) is 78.6 Å². The van der Waals surface area contributed by atoms with E-state index in [4.69, 9.17) is 15.1 Å². The predicted molar refractivity (Wildman–Crippen MR) is 147 cm³/mol. The van der Waals surface area contributed by atoms with Gasteiger partial charge < -0.3 is 9.80 Å². The normalized spacial score (nSPS) is 16.2. The SMILES string of the molecule is CCCC[C@@H](CC)C(=O)N1CCCN(c2nc([C@@H](C)CCC)nc3c2cnn3-c2ccccc2)CC1. The molecule has 0 unspecified atom stereocenters. The van der Waals surface area contributed by atoms with Crippen molar-refractivity contribution < 1.29 is 4.79 Å². The van der Waals surface area contributed by atoms with E-state index in [-0.39, 0.29) is 11.8 Å². The molecular formula is C29H42N6O. The molecule has 1 amide bonds. The lowest BCUT2D eigenvalue weighted by Gasteiger charge is -2.26. The number of amides is 1. The predicted octanol–water partition coefficient (Wildman–Crippen LogP) is 5.97. The highest BCUT2D eigenvalue weighted by Crippen LogP contribution is 2.30. The third kappa shape index (κ3) is 5.71. The number of nitrogens with zero attached hydrogens (tertiary/aromatic N) is 6. The number of hydrogen-bond acceptors (Lipinski definition) is 5. The molecule has 7 heteroatoms. The lowest BCUT2D eigenvalue weighted by atomic mass is 9.97. The van der Waals surface area contributed by atoms with Crippen LogP contribution in [0.4, 0.5) is 5.82 Å². The summed E-state index contributed by atoms with van der Waals surface area (Å²) in [6.45, 7) is 12.0. The van der Waals surface area contributed by atoms with Crippen LogP contribution in [-0.4, -0.2) is 56.7 Å². The fourth-order valence-electron chi connectivity index (χ4n) is 5.25. The second-order valence-electron chi connectivity index (χ2n) is 10.1. The fraction of sp³-hybridized carbons (Fsp3) is 0.586. The Hall–Kier alpha value is -2.96. The zero-order valence-electron chi connectivity index (χ0n) is 22.5. The average molecular weight is 491 g/mol. The minimum atomic E-state index is 0.146. The number of para-hydroxylation sites is 1. The van der Waals surface area contributed by atoms with E-state index >= 15 is 0 Å². The number of carbonyl (C=O) groups is 1. The molecule has 0 radical (unpaired) electrons. The molecule has 0 bridgehead atoms. The van der Waals surface area contributed by atoms with Crippen LogP contribution in [0.2, 0.25) is 0 Å². The van der Waals surface area contributed by atoms with Gasteiger partial charge in [0.2, 0.25) is 5.91 Å². The molecule has 1 aromatic carbocycles. The number of benzene rings is 1. The maximum absolute atomic E-state index is 13.3. The van der Waals surface area contributed by atoms with Gasteiger partial charge in [0, 0.05) is 38.0 Å². The van der Waals surface area contributed by atoms with Crippen molar-refractivity contribution in [2.75, 3.05) is 31.1 Å². The van der Waals surface area contributed by atoms with Gasteiger partial charge in [0.05, 0.1) is 17.3 Å². The quantitative estimate of drug-likeness (QED) is 0.350. The summed E-state index contributed by atoms with van der Waals surface area (Å²) in [7, 11) is 0. The van der Waals surface area contributed by atoms with Crippen molar-refractivity contribution in [3.05, 3.63) is 42.4 Å². The summed E-state index contributed by atoms with van der Waals surface area (Å²) in [5.74, 6) is 2.57. The molecule has 0 N–H and O–H groups in total. The van der Waals surface area contributed by atoms with Crippen molar-refractivity contribution in [3.8, 4) is 5.69 Å². The van der Waals surface area contributed by atoms with Crippen LogP contribution in [0.25, 0.3) is 16.7 Å². The highest BCUT2D eigenvalue weighted by molar-refractivity contribution is 5.88. The molecule has 2 aromatic heterocycles. The van der Waals surface area contributed by atoms with Gasteiger partial charge in [0.25, 0.3) is 0 Å². The molecular weight excluding hydrogens is 448 g/mol. The van der Waals surface area contributed by atoms with E-state index in [2.05, 4.69) is 49.6 Å². The monoisotopic (exact) mass is 490 g/mol. The molecule has 7 nitrogen and oxygen atoms in total. The van der Waals surface area contributed by atoms with Gasteiger partial charge in [0.15, 0.2) is 5.65 Å². The highest BCUT2D eigenvalue weighted by Gasteiger charge is 2.27. The van der Waals surface area contributed by atoms with Crippen molar-refractivity contribution >= 4 is 22.8 Å². The molecule has 36 heavy (non-hydrogen) atoms. The minimum absolute atomic E-state index is 0.146. The number of aromatic nitrogens is 4. The number of unbranched alkanes of at least 4 members (excludes halogenated alkanes) is 1. The number of carbonyl (C=O) groups excluding carboxylic acids is 1. The molecule has 4 rings (SSSR count). The second kappa shape index (κ2) is 12.3. The largest absolute Gasteiger partial charge is 0.354 e. The van der Waals surface area contributed by atoms with Crippen molar-refractivity contribution in [2.24, 2.45) is 5.92 Å². The van der Waals surface area contributed by atoms with E-state index in [1.54, 1.807) is 0 Å². The van der Waals surface area contributed by atoms with Crippen LogP contribution in [0.5, 0.6) is 0 Å². The van der Waals surface area contributed by atoms with E-state index < -0.39 is 0 Å². The number of fused-ring (bicyclic) bond motifs is 1. The van der Waals surface area contributed by atoms with Gasteiger partial charge in [-0.3, -0.25) is 4.79 Å². The smallest absolute Gasteiger partial charge is 0.225 e. The first-order chi connectivity index (χ1) is 17.6. The van der Waals surface area contributed by atoms with Crippen LogP contribution >= 0.6 is 0 Å². The maximum atomic E-state index is 13.3. The Bertz CT molecular complexity index is 1130. The van der Waals surface area contributed by atoms with Gasteiger partial charge in [-0.1, -0.05) is 65.2 Å². The van der Waals surface area contributed by atoms with E-state index in [1.807, 2.05) is 29.1 Å². The third-order valence-electron chi connectivity index (χ3n) is 7.44. The van der Waals surface area contributed by atoms with Crippen LogP contribution in [0.15, 0.2) is 36.5 Å². The van der Waals surface area contributed by atoms with Crippen LogP contribution in [0, 0.1) is 5.92 Å². The molecule has 1 aliphatic heterocycles. The third-order valence-corrected chi connectivity index (χ3v) is 7.44. The second-order valence-corrected chi connectivity index (χ2v) is 10.1. The highest BCUT2D eigenvalue weighted by atomic mass is 16.2. The maximum Gasteiger partial charge on any atom is 0.225 e. The lowest BCUT2D eigenvalue weighted by molar-refractivity contribution is -0.135. The Morgan fingerprint density at radius 3 is 2.50 bits per heavy atom. The fourth-order valence-corrected chi connectivity index (χ4v) is 5.25. The van der Waals surface area contributed by atoms with Crippen LogP contribution in [0.3, 0.4) is 0 Å². The zero-order valence-corrected chi connectivity index (χ0v) is 22.5. The molecule has 0 saturated carbocycles. The summed E-state index contributed by atoms with van der Waals surface area (Å²) in [6.07, 6.45) is 9.14. The summed E-state index contributed by atoms with van der Waals surface area (Å²) in [6, 6.07) is 10.2. The van der Waals surface area contributed by atoms with E-state index in [1.165, 1.54) is 0 Å². The van der Waals surface area contributed by atoms with Gasteiger partial charge in [-0.05, 0) is 37.8 Å². The van der Waals surface area contributed by atoms with Gasteiger partial charge in [0.1, 0.15) is 11.6 Å². The summed E-state index contributed by atoms with van der Waals surface area (Å²) in [5, 5.41) is 5.69. The number of hydrogen-bond donors (Lipinski definition) is 0. The first-order valence-corrected chi connectivity index (χ1v) is 13.9. The molecule has 1 fully saturated rings. The van der Waals surface area contributed by atoms with E-state index in [0.717, 1.165) is 99.5 Å². The summed E-state index contributed by atoms with van der Waals surface area (Å²) < 4.78 is 1.93. The molecule has 0 aliphatic carbocycles. The molecule has 1 aliphatic rings. The lowest BCUT2D eigenvalue weighted by Crippen LogP contribution is -2.39. The molecule has 2 atom stereocenters. The molecule has 3 aromatic rings. The standard InChI is InChI=1S/C29H42N6O/c1-5-8-14-23(7-3)29(36)34-18-12-17-33(19-20-34)27-25-21-30-35(24-15-10-9-11-16-24)28(25)32-26(31-27)22(4)13-6-2/h9-11,15-16,21-23H,5-8,12-14,17-20H2,1-4H3/t22-,23+/m0/s1. The average Bonchev–Trinajstić information content (AvgIpc) is 3.18. The van der Waals surface area contributed by atoms with Gasteiger partial charge in [-0.15, -0.1) is 0 Å². The van der Waals surface area contributed by atoms with Gasteiger partial charge in [-0.2, -0.15) is 5.10 Å². The molecule has 0 spiro atoms. The topological polar surface area (TPSA) is 67.2 Å². The van der Waals surface area contributed by atoms with E-state index in [0.29, 0.717) is 5.91 Å². The molecule has 1 saturated heterocycles. The van der Waals surface area contributed by atoms with E-state index in [9.17, 15) is 4.79 Å². The van der Waals surface area contributed by atoms with Gasteiger partial charge in [-0.25, -0.2) is 14.6 Å². The first kappa shape index (κ1) is 26.1. The Kier molecular flexibility index (Phi) is 8.94. The Morgan fingerprint density at radius 2 is 1.78 bits per heavy atom. The number of anilines is 1. The van der Waals surface area contributed by atoms with Crippen LogP contribution in [0.1, 0.15) is 84.4 Å². The zero-order chi connectivity index (χ0) is 25.5. The van der Waals surface area contributed by atoms with Crippen LogP contribution in [-0.2, 0) is 4.79 Å². The minimum Gasteiger partial charge on any atom is -0.354 e. The molecule has 194 valence electrons. The van der Waals surface area contributed by atoms with Crippen molar-refractivity contribution in [1.29, 1.82) is 0 Å². The first-order valence-electron chi connectivity index (χ1n) is 13.9. The Balaban J connectivity index is 1.64. The summed E-state index contributed by atoms with van der Waals surface area (Å²) >= 11 is 0. The molecule has 3 heterocycles. The van der Waals surface area contributed by atoms with Gasteiger partial charge >= 0.3 is 0 Å². The van der Waals surface area contributed by atoms with Crippen molar-refractivity contribution in [3.63, 3.8) is 0 Å². The van der Waals surface area contributed by atoms with Crippen LogP contribution < -0.4 is 4.90 Å². The Labute approximate surface area is 215 Å². The summed E-state index contributed by atoms with van der Waals surface area (Å²) in [5.41, 5.74) is 1.85. The van der Waals surface area contributed by atoms with Crippen molar-refractivity contribution in [1.82, 2.24) is 24.6 Å². The summed E-state index contributed by atoms with van der Waals surface area (Å²) in [4.78, 5) is 27.9. The Morgan fingerprint density at radius 1 is 0.972 bits per heavy atom.